The highest BCUT2D eigenvalue weighted by molar-refractivity contribution is 5.94. The van der Waals surface area contributed by atoms with Crippen LogP contribution in [0.3, 0.4) is 0 Å². The number of carbonyl (C=O) groups excluding carboxylic acids is 1. The fourth-order valence-electron chi connectivity index (χ4n) is 2.50. The SMILES string of the molecule is CCC(Oc1ccccc1)C(=O)Nc1cnn(Cc2ccc(F)cc2)c1. The van der Waals surface area contributed by atoms with Gasteiger partial charge in [-0.2, -0.15) is 5.10 Å². The third-order valence-corrected chi connectivity index (χ3v) is 3.84. The van der Waals surface area contributed by atoms with E-state index in [1.165, 1.54) is 12.1 Å². The van der Waals surface area contributed by atoms with E-state index in [2.05, 4.69) is 10.4 Å². The smallest absolute Gasteiger partial charge is 0.265 e. The highest BCUT2D eigenvalue weighted by Crippen LogP contribution is 2.15. The van der Waals surface area contributed by atoms with Crippen molar-refractivity contribution >= 4 is 11.6 Å². The molecule has 0 aliphatic heterocycles. The molecule has 0 radical (unpaired) electrons. The van der Waals surface area contributed by atoms with Gasteiger partial charge < -0.3 is 10.1 Å². The Kier molecular flexibility index (Phi) is 5.63. The first-order chi connectivity index (χ1) is 12.6. The number of para-hydroxylation sites is 1. The van der Waals surface area contributed by atoms with Crippen LogP contribution in [0.15, 0.2) is 67.0 Å². The fourth-order valence-corrected chi connectivity index (χ4v) is 2.50. The molecule has 1 atom stereocenters. The first-order valence-electron chi connectivity index (χ1n) is 8.43. The topological polar surface area (TPSA) is 56.1 Å². The number of carbonyl (C=O) groups is 1. The summed E-state index contributed by atoms with van der Waals surface area (Å²) in [6.45, 7) is 2.39. The number of hydrogen-bond acceptors (Lipinski definition) is 3. The van der Waals surface area contributed by atoms with Crippen molar-refractivity contribution in [2.24, 2.45) is 0 Å². The van der Waals surface area contributed by atoms with Crippen LogP contribution in [0.2, 0.25) is 0 Å². The van der Waals surface area contributed by atoms with Crippen molar-refractivity contribution in [3.63, 3.8) is 0 Å². The molecule has 2 aromatic carbocycles. The second-order valence-electron chi connectivity index (χ2n) is 5.87. The molecule has 1 N–H and O–H groups in total. The van der Waals surface area contributed by atoms with E-state index in [-0.39, 0.29) is 11.7 Å². The molecule has 5 nitrogen and oxygen atoms in total. The lowest BCUT2D eigenvalue weighted by Gasteiger charge is -2.16. The zero-order valence-corrected chi connectivity index (χ0v) is 14.4. The van der Waals surface area contributed by atoms with E-state index in [4.69, 9.17) is 4.74 Å². The number of rotatable bonds is 7. The molecule has 1 aromatic heterocycles. The average Bonchev–Trinajstić information content (AvgIpc) is 3.09. The van der Waals surface area contributed by atoms with Crippen molar-refractivity contribution in [2.45, 2.75) is 26.0 Å². The van der Waals surface area contributed by atoms with Gasteiger partial charge in [-0.25, -0.2) is 4.39 Å². The van der Waals surface area contributed by atoms with Gasteiger partial charge in [-0.15, -0.1) is 0 Å². The summed E-state index contributed by atoms with van der Waals surface area (Å²) in [5, 5.41) is 7.04. The number of anilines is 1. The number of benzene rings is 2. The third kappa shape index (κ3) is 4.69. The van der Waals surface area contributed by atoms with Crippen LogP contribution in [0.4, 0.5) is 10.1 Å². The van der Waals surface area contributed by atoms with Gasteiger partial charge in [0.2, 0.25) is 0 Å². The molecule has 1 unspecified atom stereocenters. The van der Waals surface area contributed by atoms with E-state index in [1.807, 2.05) is 37.3 Å². The lowest BCUT2D eigenvalue weighted by atomic mass is 10.2. The standard InChI is InChI=1S/C20H20FN3O2/c1-2-19(26-18-6-4-3-5-7-18)20(25)23-17-12-22-24(14-17)13-15-8-10-16(21)11-9-15/h3-12,14,19H,2,13H2,1H3,(H,23,25). The maximum Gasteiger partial charge on any atom is 0.265 e. The molecule has 0 bridgehead atoms. The Labute approximate surface area is 151 Å². The second-order valence-corrected chi connectivity index (χ2v) is 5.87. The number of nitrogens with zero attached hydrogens (tertiary/aromatic N) is 2. The maximum atomic E-state index is 13.0. The molecule has 0 aliphatic rings. The van der Waals surface area contributed by atoms with E-state index in [0.29, 0.717) is 24.4 Å². The summed E-state index contributed by atoms with van der Waals surface area (Å²) in [7, 11) is 0. The minimum absolute atomic E-state index is 0.224. The van der Waals surface area contributed by atoms with Gasteiger partial charge in [0.1, 0.15) is 11.6 Å². The van der Waals surface area contributed by atoms with E-state index in [9.17, 15) is 9.18 Å². The van der Waals surface area contributed by atoms with Gasteiger partial charge in [-0.3, -0.25) is 9.48 Å². The molecule has 6 heteroatoms. The van der Waals surface area contributed by atoms with Gasteiger partial charge in [-0.1, -0.05) is 37.3 Å². The number of halogens is 1. The van der Waals surface area contributed by atoms with Crippen molar-refractivity contribution in [1.29, 1.82) is 0 Å². The number of aromatic nitrogens is 2. The monoisotopic (exact) mass is 353 g/mol. The Morgan fingerprint density at radius 1 is 1.19 bits per heavy atom. The van der Waals surface area contributed by atoms with Gasteiger partial charge in [0.15, 0.2) is 6.10 Å². The molecule has 1 amide bonds. The van der Waals surface area contributed by atoms with Crippen LogP contribution < -0.4 is 10.1 Å². The predicted molar refractivity (Wildman–Crippen MR) is 97.5 cm³/mol. The summed E-state index contributed by atoms with van der Waals surface area (Å²) in [5.41, 5.74) is 1.51. The van der Waals surface area contributed by atoms with E-state index in [0.717, 1.165) is 5.56 Å². The normalized spacial score (nSPS) is 11.8. The molecule has 0 spiro atoms. The number of amides is 1. The highest BCUT2D eigenvalue weighted by atomic mass is 19.1. The van der Waals surface area contributed by atoms with Crippen molar-refractivity contribution in [2.75, 3.05) is 5.32 Å². The predicted octanol–water partition coefficient (Wildman–Crippen LogP) is 3.87. The Hall–Kier alpha value is -3.15. The van der Waals surface area contributed by atoms with Crippen molar-refractivity contribution in [1.82, 2.24) is 9.78 Å². The first-order valence-corrected chi connectivity index (χ1v) is 8.43. The summed E-state index contributed by atoms with van der Waals surface area (Å²) in [5.74, 6) is 0.158. The second kappa shape index (κ2) is 8.29. The Balaban J connectivity index is 1.60. The van der Waals surface area contributed by atoms with Crippen LogP contribution in [0, 0.1) is 5.82 Å². The van der Waals surface area contributed by atoms with Gasteiger partial charge in [0, 0.05) is 6.20 Å². The maximum absolute atomic E-state index is 13.0. The molecule has 3 aromatic rings. The van der Waals surface area contributed by atoms with Gasteiger partial charge >= 0.3 is 0 Å². The summed E-state index contributed by atoms with van der Waals surface area (Å²) in [6.07, 6.45) is 3.27. The van der Waals surface area contributed by atoms with Crippen LogP contribution >= 0.6 is 0 Å². The lowest BCUT2D eigenvalue weighted by Crippen LogP contribution is -2.32. The molecule has 3 rings (SSSR count). The van der Waals surface area contributed by atoms with E-state index < -0.39 is 6.10 Å². The molecule has 0 fully saturated rings. The molecule has 1 heterocycles. The fraction of sp³-hybridized carbons (Fsp3) is 0.200. The minimum atomic E-state index is -0.585. The quantitative estimate of drug-likeness (QED) is 0.702. The van der Waals surface area contributed by atoms with E-state index in [1.54, 1.807) is 29.2 Å². The van der Waals surface area contributed by atoms with Gasteiger partial charge in [0.05, 0.1) is 18.4 Å². The van der Waals surface area contributed by atoms with Crippen LogP contribution in [0.5, 0.6) is 5.75 Å². The van der Waals surface area contributed by atoms with Crippen molar-refractivity contribution in [3.05, 3.63) is 78.4 Å². The summed E-state index contributed by atoms with van der Waals surface area (Å²) < 4.78 is 20.4. The summed E-state index contributed by atoms with van der Waals surface area (Å²) in [4.78, 5) is 12.4. The Morgan fingerprint density at radius 2 is 1.92 bits per heavy atom. The zero-order chi connectivity index (χ0) is 18.4. The Bertz CT molecular complexity index is 847. The van der Waals surface area contributed by atoms with Crippen LogP contribution in [0.1, 0.15) is 18.9 Å². The van der Waals surface area contributed by atoms with Crippen molar-refractivity contribution < 1.29 is 13.9 Å². The molecule has 0 aliphatic carbocycles. The molecule has 0 saturated carbocycles. The van der Waals surface area contributed by atoms with Gasteiger partial charge in [-0.05, 0) is 36.2 Å². The summed E-state index contributed by atoms with van der Waals surface area (Å²) in [6, 6.07) is 15.5. The van der Waals surface area contributed by atoms with Crippen LogP contribution in [-0.4, -0.2) is 21.8 Å². The van der Waals surface area contributed by atoms with Crippen LogP contribution in [-0.2, 0) is 11.3 Å². The highest BCUT2D eigenvalue weighted by Gasteiger charge is 2.19. The Morgan fingerprint density at radius 3 is 2.62 bits per heavy atom. The molecule has 134 valence electrons. The average molecular weight is 353 g/mol. The number of nitrogens with one attached hydrogen (secondary N) is 1. The van der Waals surface area contributed by atoms with E-state index >= 15 is 0 Å². The van der Waals surface area contributed by atoms with Crippen molar-refractivity contribution in [3.8, 4) is 5.75 Å². The zero-order valence-electron chi connectivity index (χ0n) is 14.4. The number of hydrogen-bond donors (Lipinski definition) is 1. The number of ether oxygens (including phenoxy) is 1. The first kappa shape index (κ1) is 17.7. The third-order valence-electron chi connectivity index (χ3n) is 3.84. The molecule has 26 heavy (non-hydrogen) atoms. The lowest BCUT2D eigenvalue weighted by molar-refractivity contribution is -0.122. The molecule has 0 saturated heterocycles. The van der Waals surface area contributed by atoms with Crippen LogP contribution in [0.25, 0.3) is 0 Å². The minimum Gasteiger partial charge on any atom is -0.481 e. The largest absolute Gasteiger partial charge is 0.481 e. The summed E-state index contributed by atoms with van der Waals surface area (Å²) >= 11 is 0. The van der Waals surface area contributed by atoms with Gasteiger partial charge in [0.25, 0.3) is 5.91 Å². The molecular weight excluding hydrogens is 333 g/mol. The molecular formula is C20H20FN3O2.